The average molecular weight is 841 g/mol. The van der Waals surface area contributed by atoms with Gasteiger partial charge in [-0.15, -0.1) is 0 Å². The van der Waals surface area contributed by atoms with E-state index < -0.39 is 71.2 Å². The van der Waals surface area contributed by atoms with Gasteiger partial charge in [-0.05, 0) is 57.8 Å². The molecule has 58 heavy (non-hydrogen) atoms. The van der Waals surface area contributed by atoms with Crippen LogP contribution in [0.1, 0.15) is 155 Å². The van der Waals surface area contributed by atoms with E-state index in [9.17, 15) is 37.9 Å². The molecule has 0 aromatic carbocycles. The zero-order valence-electron chi connectivity index (χ0n) is 35.4. The molecule has 1 heterocycles. The topological polar surface area (TPSA) is 186 Å². The van der Waals surface area contributed by atoms with Crippen LogP contribution in [-0.4, -0.2) is 96.0 Å². The average Bonchev–Trinajstić information content (AvgIpc) is 3.18. The second-order valence-corrected chi connectivity index (χ2v) is 16.5. The van der Waals surface area contributed by atoms with Crippen LogP contribution >= 0.6 is 0 Å². The number of allylic oxidation sites excluding steroid dienone is 10. The number of ether oxygens (including phenoxy) is 4. The summed E-state index contributed by atoms with van der Waals surface area (Å²) in [6, 6.07) is 0. The fraction of sp³-hybridized carbons (Fsp3) is 0.733. The number of aliphatic hydroxyl groups is 3. The predicted molar refractivity (Wildman–Crippen MR) is 229 cm³/mol. The minimum Gasteiger partial charge on any atom is -0.462 e. The molecule has 1 fully saturated rings. The molecule has 334 valence electrons. The van der Waals surface area contributed by atoms with Gasteiger partial charge in [0, 0.05) is 12.8 Å². The SMILES string of the molecule is CC/C=C/C/C=C/C/C=C/C/C=C/C/C=C/CCCCCC(=O)O[C@H](COC(=O)CCCCCCCCCCCCC)CO[C@H]1O[C@H](CS(=O)(=O)O)[C@@H](O)C(O)C1O. The van der Waals surface area contributed by atoms with Crippen molar-refractivity contribution in [3.8, 4) is 0 Å². The lowest BCUT2D eigenvalue weighted by Gasteiger charge is -2.40. The maximum absolute atomic E-state index is 12.8. The van der Waals surface area contributed by atoms with E-state index in [2.05, 4.69) is 74.6 Å². The van der Waals surface area contributed by atoms with Crippen molar-refractivity contribution in [2.75, 3.05) is 19.0 Å². The van der Waals surface area contributed by atoms with E-state index in [0.29, 0.717) is 12.8 Å². The first-order valence-corrected chi connectivity index (χ1v) is 23.5. The van der Waals surface area contributed by atoms with Crippen LogP contribution in [0.15, 0.2) is 60.8 Å². The monoisotopic (exact) mass is 841 g/mol. The zero-order chi connectivity index (χ0) is 42.7. The van der Waals surface area contributed by atoms with Gasteiger partial charge in [0.15, 0.2) is 12.4 Å². The second-order valence-electron chi connectivity index (χ2n) is 15.0. The van der Waals surface area contributed by atoms with Gasteiger partial charge in [0.2, 0.25) is 0 Å². The molecular formula is C45H76O12S. The van der Waals surface area contributed by atoms with E-state index in [-0.39, 0.29) is 19.4 Å². The molecule has 1 rings (SSSR count). The van der Waals surface area contributed by atoms with Crippen LogP contribution in [0.4, 0.5) is 0 Å². The number of unbranched alkanes of at least 4 members (excludes halogenated alkanes) is 13. The van der Waals surface area contributed by atoms with Crippen LogP contribution in [0.3, 0.4) is 0 Å². The highest BCUT2D eigenvalue weighted by Gasteiger charge is 2.46. The van der Waals surface area contributed by atoms with Gasteiger partial charge in [-0.1, -0.05) is 145 Å². The summed E-state index contributed by atoms with van der Waals surface area (Å²) in [4.78, 5) is 25.3. The summed E-state index contributed by atoms with van der Waals surface area (Å²) in [5.74, 6) is -2.03. The summed E-state index contributed by atoms with van der Waals surface area (Å²) in [6.07, 6.45) is 32.7. The normalized spacial score (nSPS) is 21.0. The van der Waals surface area contributed by atoms with Crippen molar-refractivity contribution in [2.45, 2.75) is 192 Å². The van der Waals surface area contributed by atoms with Gasteiger partial charge in [0.05, 0.1) is 6.61 Å². The van der Waals surface area contributed by atoms with Crippen molar-refractivity contribution in [2.24, 2.45) is 0 Å². The van der Waals surface area contributed by atoms with Gasteiger partial charge in [-0.3, -0.25) is 14.1 Å². The standard InChI is InChI=1S/C45H76O12S/c1-3-5-7-9-11-13-15-16-17-18-19-20-21-22-24-26-28-30-32-34-41(47)56-38(35-54-40(46)33-31-29-27-25-23-14-12-10-8-6-4-2)36-55-45-44(50)43(49)42(48)39(57-45)37-58(51,52)53/h5,7,11,13,16-17,19-20,22,24,38-39,42-45,48-50H,3-4,6,8-10,12,14-15,18,21,23,25-37H2,1-2H3,(H,51,52,53)/b7-5+,13-11+,17-16+,20-19+,24-22+/t38-,39-,42-,43?,44?,45+/m1/s1. The van der Waals surface area contributed by atoms with Crippen LogP contribution in [0.5, 0.6) is 0 Å². The molecule has 0 radical (unpaired) electrons. The van der Waals surface area contributed by atoms with E-state index >= 15 is 0 Å². The third-order valence-electron chi connectivity index (χ3n) is 9.61. The number of carbonyl (C=O) groups excluding carboxylic acids is 2. The van der Waals surface area contributed by atoms with E-state index in [1.54, 1.807) is 0 Å². The fourth-order valence-corrected chi connectivity index (χ4v) is 6.92. The molecule has 1 aliphatic rings. The molecule has 0 aromatic heterocycles. The molecule has 12 nitrogen and oxygen atoms in total. The smallest absolute Gasteiger partial charge is 0.306 e. The van der Waals surface area contributed by atoms with Gasteiger partial charge >= 0.3 is 11.9 Å². The second kappa shape index (κ2) is 35.1. The first-order valence-electron chi connectivity index (χ1n) is 21.8. The first kappa shape index (κ1) is 53.4. The number of hydrogen-bond donors (Lipinski definition) is 4. The first-order chi connectivity index (χ1) is 28.0. The Labute approximate surface area is 349 Å². The predicted octanol–water partition coefficient (Wildman–Crippen LogP) is 8.56. The number of carbonyl (C=O) groups is 2. The van der Waals surface area contributed by atoms with Crippen LogP contribution in [0, 0.1) is 0 Å². The number of rotatable bonds is 35. The lowest BCUT2D eigenvalue weighted by atomic mass is 10.00. The molecule has 0 saturated carbocycles. The molecule has 0 spiro atoms. The third kappa shape index (κ3) is 29.5. The fourth-order valence-electron chi connectivity index (χ4n) is 6.23. The summed E-state index contributed by atoms with van der Waals surface area (Å²) in [5, 5.41) is 30.8. The molecule has 0 bridgehead atoms. The summed E-state index contributed by atoms with van der Waals surface area (Å²) in [5.41, 5.74) is 0. The lowest BCUT2D eigenvalue weighted by molar-refractivity contribution is -0.297. The maximum atomic E-state index is 12.8. The van der Waals surface area contributed by atoms with Crippen molar-refractivity contribution in [1.29, 1.82) is 0 Å². The summed E-state index contributed by atoms with van der Waals surface area (Å²) in [7, 11) is -4.61. The largest absolute Gasteiger partial charge is 0.462 e. The Kier molecular flexibility index (Phi) is 32.3. The Hall–Kier alpha value is -2.65. The Morgan fingerprint density at radius 3 is 1.62 bits per heavy atom. The van der Waals surface area contributed by atoms with Crippen LogP contribution in [0.25, 0.3) is 0 Å². The zero-order valence-corrected chi connectivity index (χ0v) is 36.2. The molecule has 6 atom stereocenters. The van der Waals surface area contributed by atoms with Crippen molar-refractivity contribution in [3.05, 3.63) is 60.8 Å². The summed E-state index contributed by atoms with van der Waals surface area (Å²) in [6.45, 7) is 3.59. The molecule has 0 aromatic rings. The summed E-state index contributed by atoms with van der Waals surface area (Å²) < 4.78 is 53.9. The quantitative estimate of drug-likeness (QED) is 0.0207. The molecule has 1 saturated heterocycles. The van der Waals surface area contributed by atoms with E-state index in [1.165, 1.54) is 44.9 Å². The van der Waals surface area contributed by atoms with Gasteiger partial charge in [0.1, 0.15) is 36.8 Å². The van der Waals surface area contributed by atoms with Crippen LogP contribution in [-0.2, 0) is 38.7 Å². The van der Waals surface area contributed by atoms with Crippen molar-refractivity contribution < 1.29 is 56.8 Å². The Bertz CT molecular complexity index is 1310. The Morgan fingerprint density at radius 1 is 0.603 bits per heavy atom. The van der Waals surface area contributed by atoms with Crippen LogP contribution < -0.4 is 0 Å². The van der Waals surface area contributed by atoms with Crippen molar-refractivity contribution >= 4 is 22.1 Å². The molecular weight excluding hydrogens is 765 g/mol. The number of esters is 2. The minimum atomic E-state index is -4.61. The van der Waals surface area contributed by atoms with Crippen LogP contribution in [0.2, 0.25) is 0 Å². The summed E-state index contributed by atoms with van der Waals surface area (Å²) >= 11 is 0. The lowest BCUT2D eigenvalue weighted by Crippen LogP contribution is -2.60. The number of aliphatic hydroxyl groups excluding tert-OH is 3. The minimum absolute atomic E-state index is 0.124. The molecule has 13 heteroatoms. The highest BCUT2D eigenvalue weighted by molar-refractivity contribution is 7.85. The van der Waals surface area contributed by atoms with Gasteiger partial charge in [-0.2, -0.15) is 8.42 Å². The molecule has 4 N–H and O–H groups in total. The highest BCUT2D eigenvalue weighted by Crippen LogP contribution is 2.24. The maximum Gasteiger partial charge on any atom is 0.306 e. The number of hydrogen-bond acceptors (Lipinski definition) is 11. The molecule has 0 aliphatic carbocycles. The molecule has 0 amide bonds. The van der Waals surface area contributed by atoms with Gasteiger partial charge < -0.3 is 34.3 Å². The van der Waals surface area contributed by atoms with E-state index in [1.807, 2.05) is 0 Å². The van der Waals surface area contributed by atoms with E-state index in [4.69, 9.17) is 18.9 Å². The Balaban J connectivity index is 2.49. The van der Waals surface area contributed by atoms with Crippen molar-refractivity contribution in [1.82, 2.24) is 0 Å². The Morgan fingerprint density at radius 2 is 1.09 bits per heavy atom. The van der Waals surface area contributed by atoms with Crippen molar-refractivity contribution in [3.63, 3.8) is 0 Å². The third-order valence-corrected chi connectivity index (χ3v) is 10.4. The van der Waals surface area contributed by atoms with Gasteiger partial charge in [-0.25, -0.2) is 0 Å². The van der Waals surface area contributed by atoms with Gasteiger partial charge in [0.25, 0.3) is 10.1 Å². The molecule has 1 aliphatic heterocycles. The highest BCUT2D eigenvalue weighted by atomic mass is 32.2. The van der Waals surface area contributed by atoms with E-state index in [0.717, 1.165) is 70.6 Å². The molecule has 2 unspecified atom stereocenters.